The van der Waals surface area contributed by atoms with Crippen molar-refractivity contribution in [2.24, 2.45) is 0 Å². The lowest BCUT2D eigenvalue weighted by Gasteiger charge is -2.26. The smallest absolute Gasteiger partial charge is 0.0462 e. The Morgan fingerprint density at radius 2 is 0.755 bits per heavy atom. The number of anilines is 3. The Kier molecular flexibility index (Phi) is 7.22. The van der Waals surface area contributed by atoms with Gasteiger partial charge in [-0.25, -0.2) is 0 Å². The second kappa shape index (κ2) is 12.3. The van der Waals surface area contributed by atoms with E-state index in [0.717, 1.165) is 17.1 Å². The monoisotopic (exact) mass is 623 g/mol. The van der Waals surface area contributed by atoms with E-state index in [1.54, 1.807) is 0 Å². The van der Waals surface area contributed by atoms with Crippen LogP contribution in [0.25, 0.3) is 65.7 Å². The molecule has 0 atom stereocenters. The SMILES string of the molecule is c1ccc(-c2ccc(N(c3ccccc3)c3ccc(-c4c(-c5cc6ccccc6c6ccccc56)ccc5ccccc45)cc3)cc2)cc1. The molecule has 0 bridgehead atoms. The largest absolute Gasteiger partial charge is 0.311 e. The van der Waals surface area contributed by atoms with Gasteiger partial charge in [-0.05, 0) is 108 Å². The van der Waals surface area contributed by atoms with Gasteiger partial charge >= 0.3 is 0 Å². The standard InChI is InChI=1S/C48H33N/c1-3-13-34(14-4-1)35-23-28-40(29-24-35)49(39-17-5-2-6-18-39)41-30-25-37(26-31-41)48-43-20-10-7-15-36(43)27-32-46(48)47-33-38-16-8-9-19-42(38)44-21-11-12-22-45(44)47/h1-33H. The zero-order chi connectivity index (χ0) is 32.6. The number of rotatable bonds is 6. The van der Waals surface area contributed by atoms with Crippen LogP contribution in [0.2, 0.25) is 0 Å². The van der Waals surface area contributed by atoms with Crippen molar-refractivity contribution >= 4 is 49.4 Å². The van der Waals surface area contributed by atoms with Gasteiger partial charge in [0.25, 0.3) is 0 Å². The lowest BCUT2D eigenvalue weighted by atomic mass is 9.86. The molecule has 0 aliphatic carbocycles. The summed E-state index contributed by atoms with van der Waals surface area (Å²) in [6.07, 6.45) is 0. The lowest BCUT2D eigenvalue weighted by Crippen LogP contribution is -2.09. The van der Waals surface area contributed by atoms with E-state index >= 15 is 0 Å². The fraction of sp³-hybridized carbons (Fsp3) is 0. The summed E-state index contributed by atoms with van der Waals surface area (Å²) in [5.74, 6) is 0. The Hall–Kier alpha value is -6.44. The number of hydrogen-bond acceptors (Lipinski definition) is 1. The van der Waals surface area contributed by atoms with Crippen LogP contribution in [-0.4, -0.2) is 0 Å². The van der Waals surface area contributed by atoms with Gasteiger partial charge in [0.1, 0.15) is 0 Å². The van der Waals surface area contributed by atoms with Gasteiger partial charge < -0.3 is 4.90 Å². The van der Waals surface area contributed by atoms with E-state index in [1.807, 2.05) is 0 Å². The minimum Gasteiger partial charge on any atom is -0.311 e. The van der Waals surface area contributed by atoms with E-state index in [2.05, 4.69) is 205 Å². The lowest BCUT2D eigenvalue weighted by molar-refractivity contribution is 1.28. The number of para-hydroxylation sites is 1. The first-order valence-electron chi connectivity index (χ1n) is 16.9. The van der Waals surface area contributed by atoms with Crippen molar-refractivity contribution in [2.75, 3.05) is 4.90 Å². The highest BCUT2D eigenvalue weighted by molar-refractivity contribution is 6.16. The molecular weight excluding hydrogens is 591 g/mol. The molecule has 0 spiro atoms. The van der Waals surface area contributed by atoms with Crippen LogP contribution >= 0.6 is 0 Å². The first-order valence-corrected chi connectivity index (χ1v) is 16.9. The molecule has 0 saturated carbocycles. The maximum atomic E-state index is 2.37. The van der Waals surface area contributed by atoms with Gasteiger partial charge in [-0.1, -0.05) is 158 Å². The summed E-state index contributed by atoms with van der Waals surface area (Å²) in [4.78, 5) is 2.33. The van der Waals surface area contributed by atoms with Gasteiger partial charge in [0.2, 0.25) is 0 Å². The van der Waals surface area contributed by atoms with Gasteiger partial charge in [0.15, 0.2) is 0 Å². The maximum Gasteiger partial charge on any atom is 0.0462 e. The highest BCUT2D eigenvalue weighted by Crippen LogP contribution is 2.44. The van der Waals surface area contributed by atoms with E-state index in [9.17, 15) is 0 Å². The number of fused-ring (bicyclic) bond motifs is 4. The van der Waals surface area contributed by atoms with Gasteiger partial charge in [-0.15, -0.1) is 0 Å². The zero-order valence-electron chi connectivity index (χ0n) is 27.0. The summed E-state index contributed by atoms with van der Waals surface area (Å²) >= 11 is 0. The van der Waals surface area contributed by atoms with Crippen LogP contribution in [-0.2, 0) is 0 Å². The molecule has 0 aromatic heterocycles. The molecule has 230 valence electrons. The summed E-state index contributed by atoms with van der Waals surface area (Å²) in [7, 11) is 0. The Balaban J connectivity index is 1.20. The average molecular weight is 624 g/mol. The molecule has 9 rings (SSSR count). The fourth-order valence-corrected chi connectivity index (χ4v) is 7.32. The minimum absolute atomic E-state index is 1.11. The second-order valence-electron chi connectivity index (χ2n) is 12.5. The van der Waals surface area contributed by atoms with Crippen LogP contribution in [0.5, 0.6) is 0 Å². The van der Waals surface area contributed by atoms with Gasteiger partial charge in [0, 0.05) is 17.1 Å². The Morgan fingerprint density at radius 3 is 1.45 bits per heavy atom. The second-order valence-corrected chi connectivity index (χ2v) is 12.5. The fourth-order valence-electron chi connectivity index (χ4n) is 7.32. The quantitative estimate of drug-likeness (QED) is 0.167. The predicted octanol–water partition coefficient (Wildman–Crippen LogP) is 13.6. The van der Waals surface area contributed by atoms with Gasteiger partial charge in [0.05, 0.1) is 0 Å². The molecule has 9 aromatic rings. The van der Waals surface area contributed by atoms with E-state index in [-0.39, 0.29) is 0 Å². The van der Waals surface area contributed by atoms with Crippen LogP contribution in [0, 0.1) is 0 Å². The third kappa shape index (κ3) is 5.23. The molecular formula is C48H33N. The van der Waals surface area contributed by atoms with E-state index < -0.39 is 0 Å². The molecule has 0 unspecified atom stereocenters. The Bertz CT molecular complexity index is 2570. The molecule has 0 aliphatic heterocycles. The van der Waals surface area contributed by atoms with Crippen LogP contribution in [0.1, 0.15) is 0 Å². The topological polar surface area (TPSA) is 3.24 Å². The Morgan fingerprint density at radius 1 is 0.265 bits per heavy atom. The normalized spacial score (nSPS) is 11.3. The van der Waals surface area contributed by atoms with E-state index in [0.29, 0.717) is 0 Å². The molecule has 49 heavy (non-hydrogen) atoms. The van der Waals surface area contributed by atoms with Crippen molar-refractivity contribution in [1.29, 1.82) is 0 Å². The molecule has 0 saturated heterocycles. The molecule has 0 fully saturated rings. The number of nitrogens with zero attached hydrogens (tertiary/aromatic N) is 1. The Labute approximate surface area is 287 Å². The number of benzene rings is 9. The van der Waals surface area contributed by atoms with E-state index in [4.69, 9.17) is 0 Å². The first kappa shape index (κ1) is 28.8. The highest BCUT2D eigenvalue weighted by Gasteiger charge is 2.17. The van der Waals surface area contributed by atoms with Crippen molar-refractivity contribution in [3.05, 3.63) is 200 Å². The van der Waals surface area contributed by atoms with Crippen LogP contribution < -0.4 is 4.90 Å². The predicted molar refractivity (Wildman–Crippen MR) is 210 cm³/mol. The molecule has 0 radical (unpaired) electrons. The van der Waals surface area contributed by atoms with E-state index in [1.165, 1.54) is 65.7 Å². The molecule has 0 N–H and O–H groups in total. The molecule has 1 heteroatoms. The van der Waals surface area contributed by atoms with Gasteiger partial charge in [-0.2, -0.15) is 0 Å². The highest BCUT2D eigenvalue weighted by atomic mass is 15.1. The van der Waals surface area contributed by atoms with Crippen LogP contribution in [0.15, 0.2) is 200 Å². The van der Waals surface area contributed by atoms with Crippen LogP contribution in [0.3, 0.4) is 0 Å². The van der Waals surface area contributed by atoms with Crippen molar-refractivity contribution in [3.63, 3.8) is 0 Å². The van der Waals surface area contributed by atoms with Crippen molar-refractivity contribution < 1.29 is 0 Å². The third-order valence-electron chi connectivity index (χ3n) is 9.65. The van der Waals surface area contributed by atoms with Crippen LogP contribution in [0.4, 0.5) is 17.1 Å². The first-order chi connectivity index (χ1) is 24.3. The molecule has 1 nitrogen and oxygen atoms in total. The molecule has 0 aliphatic rings. The molecule has 9 aromatic carbocycles. The molecule has 0 amide bonds. The summed E-state index contributed by atoms with van der Waals surface area (Å²) in [6.45, 7) is 0. The molecule has 0 heterocycles. The maximum absolute atomic E-state index is 2.37. The summed E-state index contributed by atoms with van der Waals surface area (Å²) < 4.78 is 0. The zero-order valence-corrected chi connectivity index (χ0v) is 27.0. The van der Waals surface area contributed by atoms with Crippen molar-refractivity contribution in [1.82, 2.24) is 0 Å². The minimum atomic E-state index is 1.11. The number of hydrogen-bond donors (Lipinski definition) is 0. The van der Waals surface area contributed by atoms with Crippen molar-refractivity contribution in [2.45, 2.75) is 0 Å². The summed E-state index contributed by atoms with van der Waals surface area (Å²) in [5, 5.41) is 7.57. The summed E-state index contributed by atoms with van der Waals surface area (Å²) in [6, 6.07) is 72.4. The van der Waals surface area contributed by atoms with Crippen molar-refractivity contribution in [3.8, 4) is 33.4 Å². The van der Waals surface area contributed by atoms with Gasteiger partial charge in [-0.3, -0.25) is 0 Å². The third-order valence-corrected chi connectivity index (χ3v) is 9.65. The average Bonchev–Trinajstić information content (AvgIpc) is 3.19. The summed E-state index contributed by atoms with van der Waals surface area (Å²) in [5.41, 5.74) is 10.7.